The molecule has 0 bridgehead atoms. The number of carbonyl (C=O) groups excluding carboxylic acids is 1. The Kier molecular flexibility index (Phi) is 3.05. The smallest absolute Gasteiger partial charge is 0.239 e. The second-order valence-electron chi connectivity index (χ2n) is 3.37. The fraction of sp³-hybridized carbons (Fsp3) is 0.875. The van der Waals surface area contributed by atoms with Gasteiger partial charge in [-0.3, -0.25) is 4.79 Å². The molecular weight excluding hydrogens is 156 g/mol. The van der Waals surface area contributed by atoms with Gasteiger partial charge in [-0.25, -0.2) is 0 Å². The highest BCUT2D eigenvalue weighted by Gasteiger charge is 2.23. The summed E-state index contributed by atoms with van der Waals surface area (Å²) in [5.41, 5.74) is 5.44. The van der Waals surface area contributed by atoms with E-state index in [4.69, 9.17) is 5.73 Å². The third-order valence-corrected chi connectivity index (χ3v) is 2.10. The summed E-state index contributed by atoms with van der Waals surface area (Å²) in [7, 11) is 0. The molecule has 1 fully saturated rings. The third-order valence-electron chi connectivity index (χ3n) is 2.10. The number of piperidine rings is 1. The van der Waals surface area contributed by atoms with Crippen molar-refractivity contribution < 1.29 is 9.90 Å². The van der Waals surface area contributed by atoms with Crippen LogP contribution in [0.2, 0.25) is 0 Å². The Balaban J connectivity index is 2.46. The number of amides is 1. The van der Waals surface area contributed by atoms with Crippen molar-refractivity contribution in [1.82, 2.24) is 4.90 Å². The maximum atomic E-state index is 11.3. The second kappa shape index (κ2) is 3.87. The number of hydrogen-bond acceptors (Lipinski definition) is 3. The number of carbonyl (C=O) groups is 1. The normalized spacial score (nSPS) is 26.9. The molecule has 0 radical (unpaired) electrons. The first kappa shape index (κ1) is 9.48. The fourth-order valence-corrected chi connectivity index (χ4v) is 1.44. The SMILES string of the molecule is C[C@H](N)C(=O)N1CCCC(O)C1. The van der Waals surface area contributed by atoms with Crippen molar-refractivity contribution in [2.24, 2.45) is 5.73 Å². The monoisotopic (exact) mass is 172 g/mol. The summed E-state index contributed by atoms with van der Waals surface area (Å²) in [5.74, 6) is -0.0613. The number of nitrogens with zero attached hydrogens (tertiary/aromatic N) is 1. The molecule has 2 atom stereocenters. The number of likely N-dealkylation sites (tertiary alicyclic amines) is 1. The van der Waals surface area contributed by atoms with Crippen LogP contribution in [0.3, 0.4) is 0 Å². The topological polar surface area (TPSA) is 66.6 Å². The van der Waals surface area contributed by atoms with Gasteiger partial charge in [-0.2, -0.15) is 0 Å². The molecule has 70 valence electrons. The number of rotatable bonds is 1. The molecule has 1 aliphatic heterocycles. The van der Waals surface area contributed by atoms with Gasteiger partial charge >= 0.3 is 0 Å². The van der Waals surface area contributed by atoms with Crippen LogP contribution >= 0.6 is 0 Å². The molecule has 3 N–H and O–H groups in total. The summed E-state index contributed by atoms with van der Waals surface area (Å²) in [6, 6.07) is -0.449. The summed E-state index contributed by atoms with van der Waals surface area (Å²) < 4.78 is 0. The van der Waals surface area contributed by atoms with E-state index in [2.05, 4.69) is 0 Å². The Hall–Kier alpha value is -0.610. The fourth-order valence-electron chi connectivity index (χ4n) is 1.44. The maximum absolute atomic E-state index is 11.3. The number of hydrogen-bond donors (Lipinski definition) is 2. The van der Waals surface area contributed by atoms with E-state index in [0.29, 0.717) is 6.54 Å². The molecule has 0 aromatic heterocycles. The van der Waals surface area contributed by atoms with Gasteiger partial charge in [0.05, 0.1) is 12.1 Å². The summed E-state index contributed by atoms with van der Waals surface area (Å²) in [4.78, 5) is 13.0. The lowest BCUT2D eigenvalue weighted by atomic mass is 10.1. The molecule has 0 aliphatic carbocycles. The molecular formula is C8H16N2O2. The molecule has 1 aliphatic rings. The third kappa shape index (κ3) is 2.19. The van der Waals surface area contributed by atoms with Crippen molar-refractivity contribution in [2.45, 2.75) is 31.9 Å². The molecule has 12 heavy (non-hydrogen) atoms. The van der Waals surface area contributed by atoms with Gasteiger partial charge in [-0.05, 0) is 19.8 Å². The summed E-state index contributed by atoms with van der Waals surface area (Å²) in [6.07, 6.45) is 1.31. The van der Waals surface area contributed by atoms with Crippen LogP contribution in [-0.2, 0) is 4.79 Å². The average Bonchev–Trinajstić information content (AvgIpc) is 2.03. The Labute approximate surface area is 72.3 Å². The van der Waals surface area contributed by atoms with Crippen LogP contribution in [0.5, 0.6) is 0 Å². The zero-order chi connectivity index (χ0) is 9.14. The van der Waals surface area contributed by atoms with Gasteiger partial charge in [0.15, 0.2) is 0 Å². The van der Waals surface area contributed by atoms with Gasteiger partial charge in [-0.15, -0.1) is 0 Å². The van der Waals surface area contributed by atoms with Gasteiger partial charge in [0, 0.05) is 13.1 Å². The Morgan fingerprint density at radius 2 is 2.42 bits per heavy atom. The van der Waals surface area contributed by atoms with Crippen molar-refractivity contribution in [2.75, 3.05) is 13.1 Å². The van der Waals surface area contributed by atoms with Crippen LogP contribution < -0.4 is 5.73 Å². The van der Waals surface area contributed by atoms with Crippen LogP contribution in [0, 0.1) is 0 Å². The Bertz CT molecular complexity index is 170. The molecule has 1 rings (SSSR count). The molecule has 1 amide bonds. The lowest BCUT2D eigenvalue weighted by Crippen LogP contribution is -2.48. The average molecular weight is 172 g/mol. The van der Waals surface area contributed by atoms with E-state index in [-0.39, 0.29) is 12.0 Å². The van der Waals surface area contributed by atoms with Crippen molar-refractivity contribution in [3.05, 3.63) is 0 Å². The van der Waals surface area contributed by atoms with E-state index in [1.165, 1.54) is 0 Å². The minimum atomic E-state index is -0.449. The Morgan fingerprint density at radius 3 is 2.92 bits per heavy atom. The minimum absolute atomic E-state index is 0.0613. The van der Waals surface area contributed by atoms with Crippen molar-refractivity contribution >= 4 is 5.91 Å². The maximum Gasteiger partial charge on any atom is 0.239 e. The first-order chi connectivity index (χ1) is 5.61. The molecule has 0 aromatic rings. The molecule has 0 saturated carbocycles. The van der Waals surface area contributed by atoms with Crippen LogP contribution in [0.1, 0.15) is 19.8 Å². The van der Waals surface area contributed by atoms with Gasteiger partial charge in [0.2, 0.25) is 5.91 Å². The van der Waals surface area contributed by atoms with Crippen molar-refractivity contribution in [1.29, 1.82) is 0 Å². The van der Waals surface area contributed by atoms with E-state index < -0.39 is 6.04 Å². The van der Waals surface area contributed by atoms with Gasteiger partial charge in [-0.1, -0.05) is 0 Å². The standard InChI is InChI=1S/C8H16N2O2/c1-6(9)8(12)10-4-2-3-7(11)5-10/h6-7,11H,2-5,9H2,1H3/t6-,7?/m0/s1. The lowest BCUT2D eigenvalue weighted by Gasteiger charge is -2.31. The van der Waals surface area contributed by atoms with E-state index in [1.807, 2.05) is 0 Å². The molecule has 4 nitrogen and oxygen atoms in total. The predicted octanol–water partition coefficient (Wildman–Crippen LogP) is -0.683. The van der Waals surface area contributed by atoms with Gasteiger partial charge in [0.25, 0.3) is 0 Å². The predicted molar refractivity (Wildman–Crippen MR) is 45.5 cm³/mol. The van der Waals surface area contributed by atoms with E-state index in [1.54, 1.807) is 11.8 Å². The molecule has 1 heterocycles. The largest absolute Gasteiger partial charge is 0.391 e. The molecule has 4 heteroatoms. The lowest BCUT2D eigenvalue weighted by molar-refractivity contribution is -0.135. The first-order valence-electron chi connectivity index (χ1n) is 4.33. The van der Waals surface area contributed by atoms with E-state index in [0.717, 1.165) is 19.4 Å². The van der Waals surface area contributed by atoms with E-state index in [9.17, 15) is 9.90 Å². The van der Waals surface area contributed by atoms with Crippen LogP contribution in [0.4, 0.5) is 0 Å². The highest BCUT2D eigenvalue weighted by molar-refractivity contribution is 5.81. The zero-order valence-electron chi connectivity index (χ0n) is 7.36. The zero-order valence-corrected chi connectivity index (χ0v) is 7.36. The van der Waals surface area contributed by atoms with Crippen molar-refractivity contribution in [3.63, 3.8) is 0 Å². The summed E-state index contributed by atoms with van der Waals surface area (Å²) in [6.45, 7) is 2.85. The van der Waals surface area contributed by atoms with Crippen LogP contribution in [0.25, 0.3) is 0 Å². The number of nitrogens with two attached hydrogens (primary N) is 1. The molecule has 0 aromatic carbocycles. The minimum Gasteiger partial charge on any atom is -0.391 e. The molecule has 1 saturated heterocycles. The number of aliphatic hydroxyl groups is 1. The quantitative estimate of drug-likeness (QED) is 0.550. The number of β-amino-alcohol motifs (C(OH)–C–C–N with tert-alkyl or cyclic N) is 1. The first-order valence-corrected chi connectivity index (χ1v) is 4.33. The van der Waals surface area contributed by atoms with E-state index >= 15 is 0 Å². The molecule has 0 spiro atoms. The number of aliphatic hydroxyl groups excluding tert-OH is 1. The Morgan fingerprint density at radius 1 is 1.75 bits per heavy atom. The van der Waals surface area contributed by atoms with Gasteiger partial charge in [0.1, 0.15) is 0 Å². The second-order valence-corrected chi connectivity index (χ2v) is 3.37. The summed E-state index contributed by atoms with van der Waals surface area (Å²) >= 11 is 0. The highest BCUT2D eigenvalue weighted by atomic mass is 16.3. The molecule has 1 unspecified atom stereocenters. The van der Waals surface area contributed by atoms with Crippen LogP contribution in [0.15, 0.2) is 0 Å². The summed E-state index contributed by atoms with van der Waals surface area (Å²) in [5, 5.41) is 9.28. The van der Waals surface area contributed by atoms with Crippen LogP contribution in [-0.4, -0.2) is 41.1 Å². The van der Waals surface area contributed by atoms with Gasteiger partial charge < -0.3 is 15.7 Å². The highest BCUT2D eigenvalue weighted by Crippen LogP contribution is 2.10. The van der Waals surface area contributed by atoms with Crippen molar-refractivity contribution in [3.8, 4) is 0 Å².